The Morgan fingerprint density at radius 1 is 1.14 bits per heavy atom. The third-order valence-electron chi connectivity index (χ3n) is 5.11. The van der Waals surface area contributed by atoms with E-state index >= 15 is 0 Å². The van der Waals surface area contributed by atoms with Gasteiger partial charge in [-0.05, 0) is 44.4 Å². The molecule has 5 nitrogen and oxygen atoms in total. The van der Waals surface area contributed by atoms with Crippen LogP contribution in [-0.2, 0) is 14.3 Å². The number of ether oxygens (including phenoxy) is 1. The average Bonchev–Trinajstić information content (AvgIpc) is 2.54. The molecule has 0 aromatic heterocycles. The number of hydrogen-bond donors (Lipinski definition) is 0. The second-order valence-corrected chi connectivity index (χ2v) is 6.54. The van der Waals surface area contributed by atoms with E-state index in [-0.39, 0.29) is 23.9 Å². The van der Waals surface area contributed by atoms with Gasteiger partial charge in [0.2, 0.25) is 11.8 Å². The third kappa shape index (κ3) is 2.80. The van der Waals surface area contributed by atoms with Crippen molar-refractivity contribution in [3.05, 3.63) is 0 Å². The lowest BCUT2D eigenvalue weighted by molar-refractivity contribution is -0.165. The lowest BCUT2D eigenvalue weighted by Gasteiger charge is -2.47. The second-order valence-electron chi connectivity index (χ2n) is 6.54. The van der Waals surface area contributed by atoms with E-state index in [1.807, 2.05) is 16.7 Å². The number of piperidine rings is 1. The molecular formula is C16H26N2O3. The van der Waals surface area contributed by atoms with Gasteiger partial charge < -0.3 is 14.5 Å². The van der Waals surface area contributed by atoms with Crippen LogP contribution >= 0.6 is 0 Å². The summed E-state index contributed by atoms with van der Waals surface area (Å²) in [5.41, 5.74) is 0. The van der Waals surface area contributed by atoms with Crippen LogP contribution in [0.25, 0.3) is 0 Å². The maximum Gasteiger partial charge on any atom is 0.246 e. The molecule has 0 N–H and O–H groups in total. The van der Waals surface area contributed by atoms with Gasteiger partial charge in [0.1, 0.15) is 12.1 Å². The Bertz CT molecular complexity index is 406. The highest BCUT2D eigenvalue weighted by Gasteiger charge is 2.46. The molecule has 5 heteroatoms. The second kappa shape index (κ2) is 6.34. The van der Waals surface area contributed by atoms with Crippen LogP contribution in [0.2, 0.25) is 0 Å². The maximum absolute atomic E-state index is 12.8. The Morgan fingerprint density at radius 2 is 2.00 bits per heavy atom. The molecule has 3 unspecified atom stereocenters. The molecule has 3 aliphatic rings. The van der Waals surface area contributed by atoms with Gasteiger partial charge in [-0.1, -0.05) is 6.92 Å². The molecular weight excluding hydrogens is 268 g/mol. The van der Waals surface area contributed by atoms with Gasteiger partial charge in [0.05, 0.1) is 6.61 Å². The van der Waals surface area contributed by atoms with Gasteiger partial charge in [-0.15, -0.1) is 0 Å². The van der Waals surface area contributed by atoms with E-state index in [9.17, 15) is 9.59 Å². The fourth-order valence-electron chi connectivity index (χ4n) is 3.96. The van der Waals surface area contributed by atoms with Crippen LogP contribution in [0, 0.1) is 5.92 Å². The van der Waals surface area contributed by atoms with Gasteiger partial charge in [0.25, 0.3) is 0 Å². The lowest BCUT2D eigenvalue weighted by Crippen LogP contribution is -2.66. The van der Waals surface area contributed by atoms with E-state index in [2.05, 4.69) is 0 Å². The normalized spacial score (nSPS) is 34.0. The molecule has 0 saturated carbocycles. The molecule has 0 aromatic carbocycles. The number of carbonyl (C=O) groups is 2. The highest BCUT2D eigenvalue weighted by atomic mass is 16.5. The summed E-state index contributed by atoms with van der Waals surface area (Å²) in [7, 11) is 0. The predicted molar refractivity (Wildman–Crippen MR) is 78.7 cm³/mol. The Labute approximate surface area is 126 Å². The van der Waals surface area contributed by atoms with Gasteiger partial charge in [0.15, 0.2) is 0 Å². The highest BCUT2D eigenvalue weighted by Crippen LogP contribution is 2.29. The number of rotatable bonds is 3. The molecule has 3 atom stereocenters. The van der Waals surface area contributed by atoms with E-state index in [4.69, 9.17) is 4.74 Å². The van der Waals surface area contributed by atoms with Crippen LogP contribution in [0.5, 0.6) is 0 Å². The maximum atomic E-state index is 12.8. The van der Waals surface area contributed by atoms with Crippen LogP contribution in [0.4, 0.5) is 0 Å². The summed E-state index contributed by atoms with van der Waals surface area (Å²) in [6.45, 7) is 5.00. The zero-order chi connectivity index (χ0) is 14.8. The van der Waals surface area contributed by atoms with Crippen molar-refractivity contribution in [1.82, 2.24) is 9.80 Å². The molecule has 3 fully saturated rings. The smallest absolute Gasteiger partial charge is 0.246 e. The largest absolute Gasteiger partial charge is 0.381 e. The SMILES string of the molecule is CCC1C(=O)N2CCCCC2C(=O)N1CC1CCCOC1. The molecule has 0 aliphatic carbocycles. The molecule has 0 spiro atoms. The topological polar surface area (TPSA) is 49.9 Å². The minimum Gasteiger partial charge on any atom is -0.381 e. The van der Waals surface area contributed by atoms with E-state index < -0.39 is 0 Å². The molecule has 0 bridgehead atoms. The van der Waals surface area contributed by atoms with Crippen molar-refractivity contribution in [3.63, 3.8) is 0 Å². The molecule has 3 heterocycles. The van der Waals surface area contributed by atoms with Gasteiger partial charge in [-0.25, -0.2) is 0 Å². The number of fused-ring (bicyclic) bond motifs is 1. The third-order valence-corrected chi connectivity index (χ3v) is 5.11. The van der Waals surface area contributed by atoms with Crippen molar-refractivity contribution in [2.24, 2.45) is 5.92 Å². The number of hydrogen-bond acceptors (Lipinski definition) is 3. The first-order valence-corrected chi connectivity index (χ1v) is 8.41. The monoisotopic (exact) mass is 294 g/mol. The Kier molecular flexibility index (Phi) is 4.48. The Balaban J connectivity index is 1.76. The van der Waals surface area contributed by atoms with Crippen molar-refractivity contribution in [3.8, 4) is 0 Å². The minimum atomic E-state index is -0.256. The van der Waals surface area contributed by atoms with Crippen LogP contribution < -0.4 is 0 Å². The van der Waals surface area contributed by atoms with Crippen LogP contribution in [0.1, 0.15) is 45.4 Å². The minimum absolute atomic E-state index is 0.165. The Morgan fingerprint density at radius 3 is 2.71 bits per heavy atom. The average molecular weight is 294 g/mol. The molecule has 3 aliphatic heterocycles. The summed E-state index contributed by atoms with van der Waals surface area (Å²) < 4.78 is 5.53. The summed E-state index contributed by atoms with van der Waals surface area (Å²) in [5.74, 6) is 0.727. The van der Waals surface area contributed by atoms with E-state index in [1.54, 1.807) is 0 Å². The zero-order valence-electron chi connectivity index (χ0n) is 12.9. The number of carbonyl (C=O) groups excluding carboxylic acids is 2. The van der Waals surface area contributed by atoms with Crippen LogP contribution in [-0.4, -0.2) is 60.0 Å². The fourth-order valence-corrected chi connectivity index (χ4v) is 3.96. The van der Waals surface area contributed by atoms with Crippen molar-refractivity contribution in [2.75, 3.05) is 26.3 Å². The molecule has 3 saturated heterocycles. The standard InChI is InChI=1S/C16H26N2O3/c1-2-13-15(19)17-8-4-3-7-14(17)16(20)18(13)10-12-6-5-9-21-11-12/h12-14H,2-11H2,1H3. The lowest BCUT2D eigenvalue weighted by atomic mass is 9.92. The van der Waals surface area contributed by atoms with Crippen LogP contribution in [0.3, 0.4) is 0 Å². The molecule has 118 valence electrons. The van der Waals surface area contributed by atoms with Crippen LogP contribution in [0.15, 0.2) is 0 Å². The first kappa shape index (κ1) is 14.8. The number of piperazine rings is 1. The summed E-state index contributed by atoms with van der Waals surface area (Å²) in [4.78, 5) is 29.2. The van der Waals surface area contributed by atoms with Crippen molar-refractivity contribution < 1.29 is 14.3 Å². The summed E-state index contributed by atoms with van der Waals surface area (Å²) >= 11 is 0. The van der Waals surface area contributed by atoms with E-state index in [1.165, 1.54) is 0 Å². The predicted octanol–water partition coefficient (Wildman–Crippen LogP) is 1.41. The summed E-state index contributed by atoms with van der Waals surface area (Å²) in [6.07, 6.45) is 5.79. The zero-order valence-corrected chi connectivity index (χ0v) is 12.9. The number of amides is 2. The van der Waals surface area contributed by atoms with Gasteiger partial charge >= 0.3 is 0 Å². The molecule has 2 amide bonds. The first-order chi connectivity index (χ1) is 10.2. The van der Waals surface area contributed by atoms with Gasteiger partial charge in [0, 0.05) is 19.7 Å². The molecule has 0 radical (unpaired) electrons. The molecule has 3 rings (SSSR count). The first-order valence-electron chi connectivity index (χ1n) is 8.41. The number of nitrogens with zero attached hydrogens (tertiary/aromatic N) is 2. The summed E-state index contributed by atoms with van der Waals surface area (Å²) in [5, 5.41) is 0. The fraction of sp³-hybridized carbons (Fsp3) is 0.875. The van der Waals surface area contributed by atoms with Crippen molar-refractivity contribution in [1.29, 1.82) is 0 Å². The van der Waals surface area contributed by atoms with Crippen molar-refractivity contribution in [2.45, 2.75) is 57.5 Å². The molecule has 0 aromatic rings. The molecule has 21 heavy (non-hydrogen) atoms. The van der Waals surface area contributed by atoms with Gasteiger partial charge in [-0.2, -0.15) is 0 Å². The summed E-state index contributed by atoms with van der Waals surface area (Å²) in [6, 6.07) is -0.452. The highest BCUT2D eigenvalue weighted by molar-refractivity contribution is 5.97. The van der Waals surface area contributed by atoms with Gasteiger partial charge in [-0.3, -0.25) is 9.59 Å². The van der Waals surface area contributed by atoms with E-state index in [0.717, 1.165) is 51.9 Å². The Hall–Kier alpha value is -1.10. The van der Waals surface area contributed by atoms with E-state index in [0.29, 0.717) is 18.9 Å². The van der Waals surface area contributed by atoms with Crippen molar-refractivity contribution >= 4 is 11.8 Å². The quantitative estimate of drug-likeness (QED) is 0.791.